The topological polar surface area (TPSA) is 143 Å². The van der Waals surface area contributed by atoms with Crippen molar-refractivity contribution < 1.29 is 52.6 Å². The molecular weight excluding hydrogens is 759 g/mol. The summed E-state index contributed by atoms with van der Waals surface area (Å²) in [6.07, 6.45) is 7.84. The number of ether oxygens (including phenoxy) is 8. The number of Topliss-reactive ketones (excluding diaryl/α,β-unsaturated/α-hetero) is 1. The fourth-order valence-corrected chi connectivity index (χ4v) is 13.4. The third-order valence-corrected chi connectivity index (χ3v) is 17.1. The summed E-state index contributed by atoms with van der Waals surface area (Å²) >= 11 is 0. The number of carbonyl (C=O) groups excluding carboxylic acids is 1. The van der Waals surface area contributed by atoms with Gasteiger partial charge in [-0.1, -0.05) is 20.1 Å². The van der Waals surface area contributed by atoms with Crippen molar-refractivity contribution in [2.24, 2.45) is 23.7 Å². The lowest BCUT2D eigenvalue weighted by Gasteiger charge is -2.47. The van der Waals surface area contributed by atoms with E-state index in [2.05, 4.69) is 25.4 Å². The molecule has 1 spiro atoms. The number of aliphatic hydroxyl groups excluding tert-OH is 1. The quantitative estimate of drug-likeness (QED) is 0.170. The van der Waals surface area contributed by atoms with E-state index >= 15 is 0 Å². The number of hydrogen-bond acceptors (Lipinski definition) is 12. The van der Waals surface area contributed by atoms with E-state index < -0.39 is 20.2 Å². The molecule has 1 aliphatic carbocycles. The second-order valence-electron chi connectivity index (χ2n) is 20.5. The van der Waals surface area contributed by atoms with Crippen molar-refractivity contribution in [1.82, 2.24) is 5.32 Å². The summed E-state index contributed by atoms with van der Waals surface area (Å²) in [4.78, 5) is 24.6. The van der Waals surface area contributed by atoms with Crippen LogP contribution in [0, 0.1) is 23.7 Å². The lowest BCUT2D eigenvalue weighted by Crippen LogP contribution is -2.61. The van der Waals surface area contributed by atoms with Crippen LogP contribution in [-0.2, 0) is 42.7 Å². The van der Waals surface area contributed by atoms with Crippen LogP contribution in [0.15, 0.2) is 24.3 Å². The highest BCUT2D eigenvalue weighted by molar-refractivity contribution is 6.69. The number of ketones is 1. The SMILES string of the molecule is C=C1C2CC3C[C@H](C[C@H](O)CNCC[Si](C)(C)O)[C@H](OC)[C@H]3CC(=O)C[C@H]3CC[C@@H]4O[C@@H]5C6O[C@@H]7C[C@@](CC[C@H]8CC(=C)[C@H](CC[C@@H](C[C@H]1C)O2)O8)(OC57)O[C@H]6[C@H]4O3. The van der Waals surface area contributed by atoms with Crippen LogP contribution < -0.4 is 5.32 Å². The fraction of sp³-hybridized carbons (Fsp3) is 0.889. The van der Waals surface area contributed by atoms with Gasteiger partial charge in [-0.25, -0.2) is 0 Å². The predicted molar refractivity (Wildman–Crippen MR) is 218 cm³/mol. The molecule has 0 aromatic heterocycles. The Kier molecular flexibility index (Phi) is 12.3. The lowest BCUT2D eigenvalue weighted by atomic mass is 9.79. The summed E-state index contributed by atoms with van der Waals surface area (Å²) in [6.45, 7) is 16.3. The molecule has 9 aliphatic heterocycles. The molecule has 10 fully saturated rings. The normalized spacial score (nSPS) is 48.5. The first-order chi connectivity index (χ1) is 27.7. The second kappa shape index (κ2) is 16.9. The van der Waals surface area contributed by atoms with Crippen molar-refractivity contribution in [3.05, 3.63) is 24.3 Å². The Morgan fingerprint density at radius 3 is 2.40 bits per heavy atom. The summed E-state index contributed by atoms with van der Waals surface area (Å²) in [5.41, 5.74) is 2.29. The summed E-state index contributed by atoms with van der Waals surface area (Å²) in [7, 11) is -0.410. The van der Waals surface area contributed by atoms with Gasteiger partial charge in [-0.15, -0.1) is 0 Å². The molecule has 58 heavy (non-hydrogen) atoms. The zero-order chi connectivity index (χ0) is 40.5. The van der Waals surface area contributed by atoms with E-state index in [0.29, 0.717) is 51.1 Å². The van der Waals surface area contributed by atoms with E-state index in [1.54, 1.807) is 7.11 Å². The van der Waals surface area contributed by atoms with Crippen LogP contribution in [0.25, 0.3) is 0 Å². The zero-order valence-corrected chi connectivity index (χ0v) is 36.4. The van der Waals surface area contributed by atoms with Crippen LogP contribution in [0.1, 0.15) is 96.8 Å². The van der Waals surface area contributed by atoms with Gasteiger partial charge in [0.15, 0.2) is 14.1 Å². The third kappa shape index (κ3) is 8.65. The molecule has 3 N–H and O–H groups in total. The van der Waals surface area contributed by atoms with E-state index in [-0.39, 0.29) is 103 Å². The summed E-state index contributed by atoms with van der Waals surface area (Å²) < 4.78 is 54.0. The number of fused-ring (bicyclic) bond motifs is 6. The Morgan fingerprint density at radius 2 is 1.59 bits per heavy atom. The van der Waals surface area contributed by atoms with E-state index in [0.717, 1.165) is 75.0 Å². The highest BCUT2D eigenvalue weighted by Gasteiger charge is 2.68. The average molecular weight is 830 g/mol. The van der Waals surface area contributed by atoms with Crippen LogP contribution in [-0.4, -0.2) is 135 Å². The van der Waals surface area contributed by atoms with Crippen molar-refractivity contribution >= 4 is 14.1 Å². The van der Waals surface area contributed by atoms with Gasteiger partial charge in [-0.3, -0.25) is 4.79 Å². The largest absolute Gasteiger partial charge is 0.432 e. The molecule has 9 saturated heterocycles. The number of methoxy groups -OCH3 is 1. The van der Waals surface area contributed by atoms with Crippen LogP contribution in [0.4, 0.5) is 0 Å². The first kappa shape index (κ1) is 42.2. The van der Waals surface area contributed by atoms with E-state index in [1.807, 2.05) is 13.1 Å². The zero-order valence-electron chi connectivity index (χ0n) is 35.4. The van der Waals surface area contributed by atoms with Gasteiger partial charge in [0.1, 0.15) is 36.3 Å². The van der Waals surface area contributed by atoms with Gasteiger partial charge in [0.25, 0.3) is 0 Å². The third-order valence-electron chi connectivity index (χ3n) is 15.6. The Labute approximate surface area is 346 Å². The summed E-state index contributed by atoms with van der Waals surface area (Å²) in [5.74, 6) is -0.0318. The van der Waals surface area contributed by atoms with Gasteiger partial charge in [0.2, 0.25) is 0 Å². The minimum atomic E-state index is -2.17. The smallest absolute Gasteiger partial charge is 0.183 e. The molecule has 9 heterocycles. The lowest BCUT2D eigenvalue weighted by molar-refractivity contribution is -0.292. The molecule has 10 aliphatic rings. The van der Waals surface area contributed by atoms with E-state index in [1.165, 1.54) is 0 Å². The van der Waals surface area contributed by atoms with Crippen LogP contribution in [0.3, 0.4) is 0 Å². The fourth-order valence-electron chi connectivity index (χ4n) is 12.7. The van der Waals surface area contributed by atoms with Crippen molar-refractivity contribution in [2.75, 3.05) is 20.2 Å². The molecule has 19 atom stereocenters. The average Bonchev–Trinajstić information content (AvgIpc) is 3.84. The molecule has 326 valence electrons. The maximum atomic E-state index is 14.3. The van der Waals surface area contributed by atoms with Crippen LogP contribution in [0.2, 0.25) is 19.1 Å². The van der Waals surface area contributed by atoms with Crippen LogP contribution >= 0.6 is 0 Å². The molecule has 1 saturated carbocycles. The van der Waals surface area contributed by atoms with E-state index in [9.17, 15) is 14.7 Å². The number of hydrogen-bond donors (Lipinski definition) is 3. The van der Waals surface area contributed by atoms with Crippen LogP contribution in [0.5, 0.6) is 0 Å². The number of aliphatic hydroxyl groups is 1. The van der Waals surface area contributed by atoms with Gasteiger partial charge < -0.3 is 53.1 Å². The minimum Gasteiger partial charge on any atom is -0.432 e. The Hall–Kier alpha value is -1.07. The van der Waals surface area contributed by atoms with Crippen molar-refractivity contribution in [3.63, 3.8) is 0 Å². The van der Waals surface area contributed by atoms with Gasteiger partial charge in [0.05, 0.1) is 54.9 Å². The number of rotatable bonds is 8. The van der Waals surface area contributed by atoms with Crippen molar-refractivity contribution in [3.8, 4) is 0 Å². The summed E-state index contributed by atoms with van der Waals surface area (Å²) in [6, 6.07) is 0.738. The first-order valence-corrected chi connectivity index (χ1v) is 26.0. The minimum absolute atomic E-state index is 0.00112. The molecule has 12 nitrogen and oxygen atoms in total. The van der Waals surface area contributed by atoms with Gasteiger partial charge >= 0.3 is 0 Å². The second-order valence-corrected chi connectivity index (χ2v) is 24.6. The Balaban J connectivity index is 0.953. The maximum absolute atomic E-state index is 14.3. The Morgan fingerprint density at radius 1 is 0.845 bits per heavy atom. The van der Waals surface area contributed by atoms with E-state index in [4.69, 9.17) is 37.9 Å². The highest BCUT2D eigenvalue weighted by atomic mass is 28.4. The summed E-state index contributed by atoms with van der Waals surface area (Å²) in [5, 5.41) is 14.6. The van der Waals surface area contributed by atoms with Gasteiger partial charge in [-0.2, -0.15) is 0 Å². The predicted octanol–water partition coefficient (Wildman–Crippen LogP) is 5.14. The molecular formula is C45H71NO11Si. The first-order valence-electron chi connectivity index (χ1n) is 22.9. The molecule has 4 unspecified atom stereocenters. The molecule has 0 amide bonds. The highest BCUT2D eigenvalue weighted by Crippen LogP contribution is 2.55. The van der Waals surface area contributed by atoms with Crippen molar-refractivity contribution in [1.29, 1.82) is 0 Å². The standard InChI is InChI=1S/C45H71NO11Si/c1-24-15-31-7-9-35-25(2)16-33(51-35)11-12-45-22-38-41(56-45)42-43(55-38)44(57-45)40-36(54-42)10-8-32(53-40)20-29(47)21-34-27(19-37(52-31)26(24)3)17-28(39(34)50-4)18-30(48)23-46-13-14-58(5,6)49/h24,27-28,30-44,46,48-49H,2-3,7-23H2,1,4-6H3/t24-,27?,28-,30+,31+,32-,33+,34+,35+,36+,37?,38-,39+,40+,41?,42+,43?,44+,45+/m1/s1. The molecule has 0 aromatic carbocycles. The molecule has 0 aromatic rings. The van der Waals surface area contributed by atoms with Gasteiger partial charge in [0, 0.05) is 39.3 Å². The Bertz CT molecular complexity index is 1520. The van der Waals surface area contributed by atoms with Gasteiger partial charge in [-0.05, 0) is 125 Å². The number of carbonyl (C=O) groups is 1. The molecule has 0 radical (unpaired) electrons. The monoisotopic (exact) mass is 829 g/mol. The molecule has 13 heteroatoms. The number of nitrogens with one attached hydrogen (secondary N) is 1. The van der Waals surface area contributed by atoms with Crippen molar-refractivity contribution in [2.45, 2.75) is 207 Å². The maximum Gasteiger partial charge on any atom is 0.183 e. The molecule has 12 bridgehead atoms. The molecule has 10 rings (SSSR count).